The molecule has 4 rings (SSSR count). The van der Waals surface area contributed by atoms with Crippen molar-refractivity contribution in [1.29, 1.82) is 0 Å². The molecule has 1 atom stereocenters. The van der Waals surface area contributed by atoms with Crippen LogP contribution in [0.5, 0.6) is 0 Å². The summed E-state index contributed by atoms with van der Waals surface area (Å²) in [6.45, 7) is 2.96. The van der Waals surface area contributed by atoms with Gasteiger partial charge < -0.3 is 10.2 Å². The third-order valence-electron chi connectivity index (χ3n) is 5.81. The zero-order valence-electron chi connectivity index (χ0n) is 16.9. The van der Waals surface area contributed by atoms with E-state index in [9.17, 15) is 14.0 Å². The topological polar surface area (TPSA) is 52.7 Å². The summed E-state index contributed by atoms with van der Waals surface area (Å²) < 4.78 is 13.2. The minimum atomic E-state index is -0.504. The predicted octanol–water partition coefficient (Wildman–Crippen LogP) is 2.83. The summed E-state index contributed by atoms with van der Waals surface area (Å²) in [6.07, 6.45) is 3.07. The van der Waals surface area contributed by atoms with E-state index in [-0.39, 0.29) is 24.1 Å². The van der Waals surface area contributed by atoms with Crippen molar-refractivity contribution in [2.75, 3.05) is 26.2 Å². The third-order valence-corrected chi connectivity index (χ3v) is 5.81. The van der Waals surface area contributed by atoms with E-state index in [0.29, 0.717) is 32.7 Å². The number of carbonyl (C=O) groups excluding carboxylic acids is 2. The lowest BCUT2D eigenvalue weighted by atomic mass is 9.99. The standard InChI is InChI=1S/C24H26FN3O2/c25-21-8-6-18(7-9-21)17-28-15-12-26-24(30)22(28)16-23(29)27-13-10-20(11-14-27)19-4-2-1-3-5-19/h1-10,22H,11-17H2,(H,26,30)/t22-/m0/s1. The van der Waals surface area contributed by atoms with Crippen LogP contribution in [-0.4, -0.2) is 53.8 Å². The quantitative estimate of drug-likeness (QED) is 0.829. The summed E-state index contributed by atoms with van der Waals surface area (Å²) in [6, 6.07) is 16.0. The number of benzene rings is 2. The van der Waals surface area contributed by atoms with E-state index in [4.69, 9.17) is 0 Å². The van der Waals surface area contributed by atoms with E-state index in [2.05, 4.69) is 23.5 Å². The summed E-state index contributed by atoms with van der Waals surface area (Å²) in [5, 5.41) is 2.87. The Labute approximate surface area is 176 Å². The molecule has 0 aliphatic carbocycles. The van der Waals surface area contributed by atoms with Crippen molar-refractivity contribution in [1.82, 2.24) is 15.1 Å². The molecule has 0 aromatic heterocycles. The molecule has 0 bridgehead atoms. The first kappa shape index (κ1) is 20.3. The number of hydrogen-bond acceptors (Lipinski definition) is 3. The zero-order valence-corrected chi connectivity index (χ0v) is 16.9. The molecule has 5 nitrogen and oxygen atoms in total. The highest BCUT2D eigenvalue weighted by Crippen LogP contribution is 2.23. The van der Waals surface area contributed by atoms with Crippen LogP contribution in [0.15, 0.2) is 60.7 Å². The number of piperazine rings is 1. The average molecular weight is 407 g/mol. The van der Waals surface area contributed by atoms with Gasteiger partial charge in [-0.25, -0.2) is 4.39 Å². The van der Waals surface area contributed by atoms with Gasteiger partial charge in [0.2, 0.25) is 11.8 Å². The fourth-order valence-corrected chi connectivity index (χ4v) is 4.10. The van der Waals surface area contributed by atoms with E-state index >= 15 is 0 Å². The van der Waals surface area contributed by atoms with Gasteiger partial charge in [-0.2, -0.15) is 0 Å². The molecule has 2 amide bonds. The molecule has 30 heavy (non-hydrogen) atoms. The minimum Gasteiger partial charge on any atom is -0.353 e. The second-order valence-electron chi connectivity index (χ2n) is 7.79. The van der Waals surface area contributed by atoms with Crippen LogP contribution >= 0.6 is 0 Å². The van der Waals surface area contributed by atoms with Gasteiger partial charge in [0, 0.05) is 32.7 Å². The van der Waals surface area contributed by atoms with Crippen LogP contribution in [0.3, 0.4) is 0 Å². The Morgan fingerprint density at radius 3 is 2.53 bits per heavy atom. The van der Waals surface area contributed by atoms with Crippen molar-refractivity contribution in [2.24, 2.45) is 0 Å². The Hall–Kier alpha value is -2.99. The first-order chi connectivity index (χ1) is 14.6. The van der Waals surface area contributed by atoms with Gasteiger partial charge in [0.1, 0.15) is 5.82 Å². The molecule has 2 aliphatic rings. The van der Waals surface area contributed by atoms with Crippen molar-refractivity contribution in [3.05, 3.63) is 77.6 Å². The molecular weight excluding hydrogens is 381 g/mol. The molecule has 1 fully saturated rings. The van der Waals surface area contributed by atoms with Gasteiger partial charge >= 0.3 is 0 Å². The highest BCUT2D eigenvalue weighted by atomic mass is 19.1. The Kier molecular flexibility index (Phi) is 6.23. The number of nitrogens with zero attached hydrogens (tertiary/aromatic N) is 2. The molecule has 0 radical (unpaired) electrons. The second-order valence-corrected chi connectivity index (χ2v) is 7.79. The lowest BCUT2D eigenvalue weighted by Gasteiger charge is -2.36. The summed E-state index contributed by atoms with van der Waals surface area (Å²) in [5.74, 6) is -0.409. The van der Waals surface area contributed by atoms with Crippen LogP contribution in [0, 0.1) is 5.82 Å². The van der Waals surface area contributed by atoms with Crippen molar-refractivity contribution in [2.45, 2.75) is 25.4 Å². The average Bonchev–Trinajstić information content (AvgIpc) is 2.78. The van der Waals surface area contributed by atoms with Gasteiger partial charge in [0.15, 0.2) is 0 Å². The van der Waals surface area contributed by atoms with Crippen LogP contribution in [-0.2, 0) is 16.1 Å². The van der Waals surface area contributed by atoms with Gasteiger partial charge in [-0.3, -0.25) is 14.5 Å². The molecule has 2 aliphatic heterocycles. The number of nitrogens with one attached hydrogen (secondary N) is 1. The van der Waals surface area contributed by atoms with Crippen molar-refractivity contribution in [3.63, 3.8) is 0 Å². The van der Waals surface area contributed by atoms with E-state index in [0.717, 1.165) is 12.0 Å². The molecule has 1 saturated heterocycles. The maximum Gasteiger partial charge on any atom is 0.237 e. The van der Waals surface area contributed by atoms with E-state index in [1.807, 2.05) is 28.0 Å². The Bertz CT molecular complexity index is 927. The number of amides is 2. The lowest BCUT2D eigenvalue weighted by Crippen LogP contribution is -2.56. The first-order valence-electron chi connectivity index (χ1n) is 10.4. The summed E-state index contributed by atoms with van der Waals surface area (Å²) >= 11 is 0. The first-order valence-corrected chi connectivity index (χ1v) is 10.4. The normalized spacial score (nSPS) is 19.9. The number of rotatable bonds is 5. The third kappa shape index (κ3) is 4.76. The molecule has 2 aromatic rings. The molecule has 2 aromatic carbocycles. The second kappa shape index (κ2) is 9.22. The van der Waals surface area contributed by atoms with Gasteiger partial charge in [0.25, 0.3) is 0 Å². The minimum absolute atomic E-state index is 0.00971. The lowest BCUT2D eigenvalue weighted by molar-refractivity contribution is -0.138. The number of hydrogen-bond donors (Lipinski definition) is 1. The van der Waals surface area contributed by atoms with Gasteiger partial charge in [0.05, 0.1) is 12.5 Å². The SMILES string of the molecule is O=C1NCCN(Cc2ccc(F)cc2)[C@H]1CC(=O)N1CC=C(c2ccccc2)CC1. The molecule has 1 N–H and O–H groups in total. The fraction of sp³-hybridized carbons (Fsp3) is 0.333. The van der Waals surface area contributed by atoms with Crippen molar-refractivity contribution >= 4 is 17.4 Å². The Balaban J connectivity index is 1.39. The van der Waals surface area contributed by atoms with Crippen molar-refractivity contribution < 1.29 is 14.0 Å². The fourth-order valence-electron chi connectivity index (χ4n) is 4.10. The van der Waals surface area contributed by atoms with Gasteiger partial charge in [-0.15, -0.1) is 0 Å². The van der Waals surface area contributed by atoms with Gasteiger partial charge in [-0.05, 0) is 35.3 Å². The largest absolute Gasteiger partial charge is 0.353 e. The summed E-state index contributed by atoms with van der Waals surface area (Å²) in [4.78, 5) is 29.3. The van der Waals surface area contributed by atoms with Gasteiger partial charge in [-0.1, -0.05) is 48.5 Å². The smallest absolute Gasteiger partial charge is 0.237 e. The highest BCUT2D eigenvalue weighted by molar-refractivity contribution is 5.89. The van der Waals surface area contributed by atoms with Crippen LogP contribution in [0.2, 0.25) is 0 Å². The Morgan fingerprint density at radius 2 is 1.83 bits per heavy atom. The zero-order chi connectivity index (χ0) is 20.9. The van der Waals surface area contributed by atoms with Crippen LogP contribution < -0.4 is 5.32 Å². The van der Waals surface area contributed by atoms with Crippen molar-refractivity contribution in [3.8, 4) is 0 Å². The number of carbonyl (C=O) groups is 2. The molecular formula is C24H26FN3O2. The van der Waals surface area contributed by atoms with E-state index < -0.39 is 6.04 Å². The monoisotopic (exact) mass is 407 g/mol. The molecule has 156 valence electrons. The molecule has 0 saturated carbocycles. The molecule has 0 unspecified atom stereocenters. The highest BCUT2D eigenvalue weighted by Gasteiger charge is 2.33. The maximum atomic E-state index is 13.2. The number of halogens is 1. The molecule has 6 heteroatoms. The Morgan fingerprint density at radius 1 is 1.07 bits per heavy atom. The summed E-state index contributed by atoms with van der Waals surface area (Å²) in [5.41, 5.74) is 3.38. The van der Waals surface area contributed by atoms with Crippen LogP contribution in [0.25, 0.3) is 5.57 Å². The summed E-state index contributed by atoms with van der Waals surface area (Å²) in [7, 11) is 0. The maximum absolute atomic E-state index is 13.2. The van der Waals surface area contributed by atoms with Crippen LogP contribution in [0.1, 0.15) is 24.0 Å². The van der Waals surface area contributed by atoms with E-state index in [1.165, 1.54) is 23.3 Å². The molecule has 0 spiro atoms. The van der Waals surface area contributed by atoms with E-state index in [1.54, 1.807) is 12.1 Å². The molecule has 2 heterocycles. The van der Waals surface area contributed by atoms with Crippen LogP contribution in [0.4, 0.5) is 4.39 Å². The predicted molar refractivity (Wildman–Crippen MR) is 114 cm³/mol.